The van der Waals surface area contributed by atoms with Crippen molar-refractivity contribution in [3.8, 4) is 28.4 Å². The average Bonchev–Trinajstić information content (AvgIpc) is 3.43. The van der Waals surface area contributed by atoms with Crippen LogP contribution in [0.1, 0.15) is 12.8 Å². The van der Waals surface area contributed by atoms with Crippen molar-refractivity contribution in [2.24, 2.45) is 0 Å². The van der Waals surface area contributed by atoms with Crippen LogP contribution in [-0.4, -0.2) is 49.3 Å². The Kier molecular flexibility index (Phi) is 4.35. The lowest BCUT2D eigenvalue weighted by molar-refractivity contribution is 0.162. The van der Waals surface area contributed by atoms with E-state index in [0.29, 0.717) is 11.5 Å². The number of hydrogen-bond acceptors (Lipinski definition) is 6. The summed E-state index contributed by atoms with van der Waals surface area (Å²) in [6.45, 7) is 1.99. The summed E-state index contributed by atoms with van der Waals surface area (Å²) in [5.41, 5.74) is 5.33. The van der Waals surface area contributed by atoms with E-state index in [1.165, 1.54) is 0 Å². The first-order valence-electron chi connectivity index (χ1n) is 10.5. The maximum atomic E-state index is 6.17. The molecule has 4 aromatic heterocycles. The van der Waals surface area contributed by atoms with Crippen LogP contribution in [0.25, 0.3) is 44.7 Å². The molecule has 1 fully saturated rings. The van der Waals surface area contributed by atoms with Gasteiger partial charge in [-0.3, -0.25) is 10.1 Å². The van der Waals surface area contributed by atoms with Gasteiger partial charge in [0.05, 0.1) is 17.2 Å². The fraction of sp³-hybridized carbons (Fsp3) is 0.217. The Hall–Kier alpha value is -3.78. The lowest BCUT2D eigenvalue weighted by Crippen LogP contribution is -2.34. The monoisotopic (exact) mass is 411 g/mol. The fourth-order valence-electron chi connectivity index (χ4n) is 4.08. The predicted octanol–water partition coefficient (Wildman–Crippen LogP) is 3.69. The van der Waals surface area contributed by atoms with Crippen LogP contribution in [-0.2, 0) is 0 Å². The van der Waals surface area contributed by atoms with Crippen molar-refractivity contribution in [2.75, 3.05) is 13.1 Å². The number of H-pyrrole nitrogens is 2. The lowest BCUT2D eigenvalue weighted by atomic mass is 10.0. The van der Waals surface area contributed by atoms with Crippen molar-refractivity contribution in [3.63, 3.8) is 0 Å². The van der Waals surface area contributed by atoms with Gasteiger partial charge >= 0.3 is 0 Å². The highest BCUT2D eigenvalue weighted by Gasteiger charge is 2.16. The summed E-state index contributed by atoms with van der Waals surface area (Å²) in [6, 6.07) is 12.1. The number of nitrogens with zero attached hydrogens (tertiary/aromatic N) is 4. The number of aromatic nitrogens is 6. The number of benzene rings is 1. The van der Waals surface area contributed by atoms with Crippen LogP contribution < -0.4 is 10.1 Å². The molecule has 8 heteroatoms. The maximum Gasteiger partial charge on any atom is 0.178 e. The first kappa shape index (κ1) is 18.0. The number of rotatable bonds is 4. The molecule has 3 N–H and O–H groups in total. The summed E-state index contributed by atoms with van der Waals surface area (Å²) in [6.07, 6.45) is 7.65. The van der Waals surface area contributed by atoms with Gasteiger partial charge in [0.2, 0.25) is 0 Å². The topological polar surface area (TPSA) is 104 Å². The lowest BCUT2D eigenvalue weighted by Gasteiger charge is -2.23. The number of piperidine rings is 1. The molecule has 0 radical (unpaired) electrons. The number of hydrogen-bond donors (Lipinski definition) is 3. The van der Waals surface area contributed by atoms with Crippen molar-refractivity contribution in [2.45, 2.75) is 18.9 Å². The van der Waals surface area contributed by atoms with E-state index in [-0.39, 0.29) is 6.10 Å². The molecule has 1 aromatic carbocycles. The van der Waals surface area contributed by atoms with Gasteiger partial charge in [0.1, 0.15) is 17.5 Å². The van der Waals surface area contributed by atoms with Crippen molar-refractivity contribution in [3.05, 3.63) is 55.0 Å². The molecular weight excluding hydrogens is 390 g/mol. The van der Waals surface area contributed by atoms with Gasteiger partial charge in [-0.2, -0.15) is 5.10 Å². The Morgan fingerprint density at radius 1 is 0.968 bits per heavy atom. The summed E-state index contributed by atoms with van der Waals surface area (Å²) in [4.78, 5) is 16.6. The van der Waals surface area contributed by atoms with Crippen LogP contribution in [0, 0.1) is 0 Å². The number of imidazole rings is 1. The molecule has 31 heavy (non-hydrogen) atoms. The molecule has 6 rings (SSSR count). The van der Waals surface area contributed by atoms with E-state index in [1.807, 2.05) is 24.4 Å². The van der Waals surface area contributed by atoms with E-state index in [2.05, 4.69) is 53.6 Å². The predicted molar refractivity (Wildman–Crippen MR) is 119 cm³/mol. The smallest absolute Gasteiger partial charge is 0.178 e. The van der Waals surface area contributed by atoms with Crippen molar-refractivity contribution >= 4 is 22.1 Å². The second-order valence-corrected chi connectivity index (χ2v) is 7.77. The largest absolute Gasteiger partial charge is 0.489 e. The number of pyridine rings is 2. The van der Waals surface area contributed by atoms with Gasteiger partial charge < -0.3 is 15.0 Å². The zero-order chi connectivity index (χ0) is 20.6. The molecule has 0 aliphatic carbocycles. The summed E-state index contributed by atoms with van der Waals surface area (Å²) >= 11 is 0. The Morgan fingerprint density at radius 3 is 2.81 bits per heavy atom. The van der Waals surface area contributed by atoms with Gasteiger partial charge in [-0.15, -0.1) is 0 Å². The zero-order valence-electron chi connectivity index (χ0n) is 16.8. The van der Waals surface area contributed by atoms with E-state index in [4.69, 9.17) is 4.74 Å². The van der Waals surface area contributed by atoms with E-state index < -0.39 is 0 Å². The summed E-state index contributed by atoms with van der Waals surface area (Å²) < 4.78 is 6.17. The molecule has 0 amide bonds. The second-order valence-electron chi connectivity index (χ2n) is 7.77. The van der Waals surface area contributed by atoms with Gasteiger partial charge in [0, 0.05) is 23.3 Å². The third-order valence-electron chi connectivity index (χ3n) is 5.68. The average molecular weight is 411 g/mol. The quantitative estimate of drug-likeness (QED) is 0.417. The van der Waals surface area contributed by atoms with Crippen LogP contribution in [0.4, 0.5) is 0 Å². The number of nitrogens with one attached hydrogen (secondary N) is 3. The second kappa shape index (κ2) is 7.48. The third-order valence-corrected chi connectivity index (χ3v) is 5.68. The molecule has 0 atom stereocenters. The van der Waals surface area contributed by atoms with E-state index in [9.17, 15) is 0 Å². The molecule has 0 bridgehead atoms. The minimum atomic E-state index is 0.239. The summed E-state index contributed by atoms with van der Waals surface area (Å²) in [5, 5.41) is 11.9. The molecular formula is C23H21N7O. The molecule has 1 aliphatic heterocycles. The molecule has 0 unspecified atom stereocenters. The Balaban J connectivity index is 1.36. The molecule has 0 spiro atoms. The zero-order valence-corrected chi connectivity index (χ0v) is 16.8. The van der Waals surface area contributed by atoms with E-state index in [0.717, 1.165) is 64.9 Å². The van der Waals surface area contributed by atoms with Gasteiger partial charge in [-0.25, -0.2) is 9.97 Å². The van der Waals surface area contributed by atoms with Crippen LogP contribution >= 0.6 is 0 Å². The van der Waals surface area contributed by atoms with Gasteiger partial charge in [-0.05, 0) is 61.8 Å². The van der Waals surface area contributed by atoms with Crippen molar-refractivity contribution in [1.82, 2.24) is 35.5 Å². The van der Waals surface area contributed by atoms with Crippen LogP contribution in [0.2, 0.25) is 0 Å². The van der Waals surface area contributed by atoms with Crippen LogP contribution in [0.3, 0.4) is 0 Å². The van der Waals surface area contributed by atoms with E-state index in [1.54, 1.807) is 12.4 Å². The standard InChI is InChI=1S/C23H21N7O/c1-2-20-22(26-7-1)28-23(27-20)21-18-11-14(3-4-19(18)29-30-21)15-10-17(13-25-12-15)31-16-5-8-24-9-6-16/h1-4,7,10-13,16,24H,5-6,8-9H2,(H,29,30)(H,26,27,28). The SMILES string of the molecule is c1cnc2nc(-c3n[nH]c4ccc(-c5cncc(OC6CCNCC6)c5)cc34)[nH]c2c1. The molecule has 154 valence electrons. The molecule has 5 aromatic rings. The number of aromatic amines is 2. The summed E-state index contributed by atoms with van der Waals surface area (Å²) in [5.74, 6) is 1.50. The summed E-state index contributed by atoms with van der Waals surface area (Å²) in [7, 11) is 0. The Labute approximate surface area is 178 Å². The Bertz CT molecular complexity index is 1330. The number of fused-ring (bicyclic) bond motifs is 2. The first-order chi connectivity index (χ1) is 15.3. The maximum absolute atomic E-state index is 6.17. The molecule has 1 saturated heterocycles. The number of ether oxygens (including phenoxy) is 1. The highest BCUT2D eigenvalue weighted by atomic mass is 16.5. The molecule has 1 aliphatic rings. The van der Waals surface area contributed by atoms with Crippen molar-refractivity contribution in [1.29, 1.82) is 0 Å². The van der Waals surface area contributed by atoms with Crippen LogP contribution in [0.15, 0.2) is 55.0 Å². The van der Waals surface area contributed by atoms with Gasteiger partial charge in [0.25, 0.3) is 0 Å². The Morgan fingerprint density at radius 2 is 1.90 bits per heavy atom. The van der Waals surface area contributed by atoms with Crippen LogP contribution in [0.5, 0.6) is 5.75 Å². The minimum absolute atomic E-state index is 0.239. The van der Waals surface area contributed by atoms with Crippen molar-refractivity contribution < 1.29 is 4.74 Å². The van der Waals surface area contributed by atoms with Gasteiger partial charge in [-0.1, -0.05) is 6.07 Å². The highest BCUT2D eigenvalue weighted by molar-refractivity contribution is 5.95. The third kappa shape index (κ3) is 3.40. The molecule has 5 heterocycles. The fourth-order valence-corrected chi connectivity index (χ4v) is 4.08. The highest BCUT2D eigenvalue weighted by Crippen LogP contribution is 2.31. The van der Waals surface area contributed by atoms with Gasteiger partial charge in [0.15, 0.2) is 11.5 Å². The molecule has 8 nitrogen and oxygen atoms in total. The normalized spacial score (nSPS) is 15.0. The van der Waals surface area contributed by atoms with E-state index >= 15 is 0 Å². The molecule has 0 saturated carbocycles. The first-order valence-corrected chi connectivity index (χ1v) is 10.5. The minimum Gasteiger partial charge on any atom is -0.489 e.